The second-order valence-electron chi connectivity index (χ2n) is 6.60. The Morgan fingerprint density at radius 2 is 2.04 bits per heavy atom. The third kappa shape index (κ3) is 4.11. The van der Waals surface area contributed by atoms with Gasteiger partial charge in [0.25, 0.3) is 5.91 Å². The van der Waals surface area contributed by atoms with E-state index >= 15 is 0 Å². The van der Waals surface area contributed by atoms with Crippen LogP contribution >= 0.6 is 11.3 Å². The third-order valence-electron chi connectivity index (χ3n) is 4.15. The molecule has 0 fully saturated rings. The van der Waals surface area contributed by atoms with Crippen molar-refractivity contribution < 1.29 is 9.32 Å². The number of nitrogens with zero attached hydrogens (tertiary/aromatic N) is 4. The number of hydrogen-bond donors (Lipinski definition) is 0. The third-order valence-corrected chi connectivity index (χ3v) is 5.19. The summed E-state index contributed by atoms with van der Waals surface area (Å²) in [6.07, 6.45) is 1.83. The van der Waals surface area contributed by atoms with Gasteiger partial charge in [-0.25, -0.2) is 4.98 Å². The highest BCUT2D eigenvalue weighted by molar-refractivity contribution is 7.22. The summed E-state index contributed by atoms with van der Waals surface area (Å²) < 4.78 is 6.29. The zero-order valence-electron chi connectivity index (χ0n) is 15.7. The van der Waals surface area contributed by atoms with E-state index in [1.54, 1.807) is 29.2 Å². The van der Waals surface area contributed by atoms with Crippen LogP contribution in [-0.2, 0) is 6.42 Å². The molecule has 2 heterocycles. The normalized spacial score (nSPS) is 11.4. The number of rotatable bonds is 7. The number of benzene rings is 1. The lowest BCUT2D eigenvalue weighted by Gasteiger charge is -2.19. The molecule has 0 aliphatic rings. The lowest BCUT2D eigenvalue weighted by molar-refractivity contribution is 0.0950. The van der Waals surface area contributed by atoms with E-state index in [0.29, 0.717) is 17.4 Å². The number of fused-ring (bicyclic) bond motifs is 1. The first-order chi connectivity index (χ1) is 12.5. The van der Waals surface area contributed by atoms with Crippen LogP contribution in [0, 0.1) is 6.92 Å². The molecule has 0 radical (unpaired) electrons. The van der Waals surface area contributed by atoms with Gasteiger partial charge in [0.1, 0.15) is 0 Å². The lowest BCUT2D eigenvalue weighted by Crippen LogP contribution is -2.33. The van der Waals surface area contributed by atoms with Crippen LogP contribution in [-0.4, -0.2) is 48.1 Å². The summed E-state index contributed by atoms with van der Waals surface area (Å²) in [6.45, 7) is 5.41. The van der Waals surface area contributed by atoms with Crippen molar-refractivity contribution >= 4 is 32.6 Å². The molecule has 0 saturated carbocycles. The first kappa shape index (κ1) is 18.5. The molecule has 0 aliphatic heterocycles. The molecule has 0 aliphatic carbocycles. The maximum atomic E-state index is 13.0. The Kier molecular flexibility index (Phi) is 5.68. The second kappa shape index (κ2) is 7.97. The Morgan fingerprint density at radius 1 is 1.23 bits per heavy atom. The van der Waals surface area contributed by atoms with Crippen LogP contribution in [0.5, 0.6) is 0 Å². The number of aromatic nitrogens is 2. The van der Waals surface area contributed by atoms with Gasteiger partial charge in [0.2, 0.25) is 5.76 Å². The van der Waals surface area contributed by atoms with Gasteiger partial charge in [0.15, 0.2) is 5.13 Å². The van der Waals surface area contributed by atoms with Gasteiger partial charge in [-0.3, -0.25) is 9.69 Å². The van der Waals surface area contributed by atoms with Gasteiger partial charge >= 0.3 is 0 Å². The highest BCUT2D eigenvalue weighted by Crippen LogP contribution is 2.31. The van der Waals surface area contributed by atoms with Crippen LogP contribution in [0.2, 0.25) is 0 Å². The molecule has 26 heavy (non-hydrogen) atoms. The summed E-state index contributed by atoms with van der Waals surface area (Å²) in [5.74, 6) is 0.0555. The first-order valence-corrected chi connectivity index (χ1v) is 9.59. The minimum Gasteiger partial charge on any atom is -0.351 e. The fourth-order valence-corrected chi connectivity index (χ4v) is 3.77. The number of carbonyl (C=O) groups is 1. The van der Waals surface area contributed by atoms with E-state index in [-0.39, 0.29) is 11.7 Å². The van der Waals surface area contributed by atoms with E-state index in [2.05, 4.69) is 34.1 Å². The van der Waals surface area contributed by atoms with Crippen LogP contribution in [0.1, 0.15) is 35.2 Å². The molecule has 6 nitrogen and oxygen atoms in total. The number of amides is 1. The molecule has 3 aromatic rings. The molecular formula is C19H24N4O2S. The molecule has 0 atom stereocenters. The molecule has 1 aromatic carbocycles. The maximum absolute atomic E-state index is 13.0. The molecule has 1 amide bonds. The van der Waals surface area contributed by atoms with Gasteiger partial charge in [-0.1, -0.05) is 29.5 Å². The van der Waals surface area contributed by atoms with Gasteiger partial charge in [-0.05, 0) is 58.1 Å². The van der Waals surface area contributed by atoms with E-state index in [1.807, 2.05) is 20.2 Å². The highest BCUT2D eigenvalue weighted by Gasteiger charge is 2.24. The molecule has 0 saturated heterocycles. The maximum Gasteiger partial charge on any atom is 0.298 e. The Balaban J connectivity index is 1.92. The van der Waals surface area contributed by atoms with Gasteiger partial charge in [-0.15, -0.1) is 0 Å². The summed E-state index contributed by atoms with van der Waals surface area (Å²) in [5.41, 5.74) is 2.88. The van der Waals surface area contributed by atoms with Crippen molar-refractivity contribution in [1.82, 2.24) is 15.0 Å². The van der Waals surface area contributed by atoms with Crippen molar-refractivity contribution in [3.05, 3.63) is 41.3 Å². The average Bonchev–Trinajstić information content (AvgIpc) is 3.23. The molecule has 0 N–H and O–H groups in total. The first-order valence-electron chi connectivity index (χ1n) is 8.77. The number of hydrogen-bond acceptors (Lipinski definition) is 6. The van der Waals surface area contributed by atoms with Gasteiger partial charge in [0.05, 0.1) is 15.9 Å². The van der Waals surface area contributed by atoms with Crippen LogP contribution in [0.15, 0.2) is 28.8 Å². The Labute approximate surface area is 157 Å². The number of aryl methyl sites for hydroxylation is 2. The molecule has 0 unspecified atom stereocenters. The number of carbonyl (C=O) groups excluding carboxylic acids is 1. The number of thiazole rings is 1. The summed E-state index contributed by atoms with van der Waals surface area (Å²) in [7, 11) is 4.05. The molecule has 138 valence electrons. The lowest BCUT2D eigenvalue weighted by atomic mass is 10.2. The van der Waals surface area contributed by atoms with Gasteiger partial charge in [-0.2, -0.15) is 0 Å². The highest BCUT2D eigenvalue weighted by atomic mass is 32.1. The van der Waals surface area contributed by atoms with Crippen molar-refractivity contribution in [2.24, 2.45) is 0 Å². The van der Waals surface area contributed by atoms with Crippen LogP contribution < -0.4 is 4.90 Å². The largest absolute Gasteiger partial charge is 0.351 e. The van der Waals surface area contributed by atoms with Crippen LogP contribution in [0.4, 0.5) is 5.13 Å². The molecule has 0 spiro atoms. The van der Waals surface area contributed by atoms with Crippen molar-refractivity contribution in [3.8, 4) is 0 Å². The molecular weight excluding hydrogens is 348 g/mol. The SMILES string of the molecule is CCc1ccc2nc(N(CCCN(C)C)C(=O)c3cc(C)no3)sc2c1. The summed E-state index contributed by atoms with van der Waals surface area (Å²) in [4.78, 5) is 21.5. The topological polar surface area (TPSA) is 62.5 Å². The predicted molar refractivity (Wildman–Crippen MR) is 105 cm³/mol. The summed E-state index contributed by atoms with van der Waals surface area (Å²) >= 11 is 1.54. The fourth-order valence-electron chi connectivity index (χ4n) is 2.72. The van der Waals surface area contributed by atoms with Gasteiger partial charge in [0, 0.05) is 12.6 Å². The zero-order valence-corrected chi connectivity index (χ0v) is 16.5. The van der Waals surface area contributed by atoms with E-state index < -0.39 is 0 Å². The summed E-state index contributed by atoms with van der Waals surface area (Å²) in [5, 5.41) is 4.54. The van der Waals surface area contributed by atoms with Crippen molar-refractivity contribution in [2.75, 3.05) is 32.1 Å². The Bertz CT molecular complexity index is 900. The number of anilines is 1. The van der Waals surface area contributed by atoms with E-state index in [0.717, 1.165) is 29.6 Å². The van der Waals surface area contributed by atoms with Crippen molar-refractivity contribution in [1.29, 1.82) is 0 Å². The smallest absolute Gasteiger partial charge is 0.298 e. The monoisotopic (exact) mass is 372 g/mol. The zero-order chi connectivity index (χ0) is 18.7. The van der Waals surface area contributed by atoms with Crippen LogP contribution in [0.3, 0.4) is 0 Å². The second-order valence-corrected chi connectivity index (χ2v) is 7.61. The minimum atomic E-state index is -0.195. The van der Waals surface area contributed by atoms with E-state index in [4.69, 9.17) is 4.52 Å². The Hall–Kier alpha value is -2.25. The fraction of sp³-hybridized carbons (Fsp3) is 0.421. The predicted octanol–water partition coefficient (Wildman–Crippen LogP) is 3.75. The average molecular weight is 372 g/mol. The van der Waals surface area contributed by atoms with Crippen LogP contribution in [0.25, 0.3) is 10.2 Å². The van der Waals surface area contributed by atoms with Crippen molar-refractivity contribution in [3.63, 3.8) is 0 Å². The standard InChI is InChI=1S/C19H24N4O2S/c1-5-14-7-8-15-17(12-14)26-19(20-15)23(10-6-9-22(3)4)18(24)16-11-13(2)21-25-16/h7-8,11-12H,5-6,9-10H2,1-4H3. The van der Waals surface area contributed by atoms with Crippen molar-refractivity contribution in [2.45, 2.75) is 26.7 Å². The van der Waals surface area contributed by atoms with Gasteiger partial charge < -0.3 is 9.42 Å². The minimum absolute atomic E-state index is 0.195. The molecule has 7 heteroatoms. The molecule has 0 bridgehead atoms. The Morgan fingerprint density at radius 3 is 2.69 bits per heavy atom. The molecule has 3 rings (SSSR count). The molecule has 2 aromatic heterocycles. The van der Waals surface area contributed by atoms with E-state index in [9.17, 15) is 4.79 Å². The quantitative estimate of drug-likeness (QED) is 0.632. The summed E-state index contributed by atoms with van der Waals surface area (Å²) in [6, 6.07) is 7.93. The van der Waals surface area contributed by atoms with E-state index in [1.165, 1.54) is 5.56 Å².